The van der Waals surface area contributed by atoms with E-state index in [-0.39, 0.29) is 28.5 Å². The molecule has 0 fully saturated rings. The summed E-state index contributed by atoms with van der Waals surface area (Å²) in [5.74, 6) is -0.439. The summed E-state index contributed by atoms with van der Waals surface area (Å²) >= 11 is 0. The molecule has 0 bridgehead atoms. The highest BCUT2D eigenvalue weighted by Crippen LogP contribution is 2.24. The Morgan fingerprint density at radius 2 is 1.62 bits per heavy atom. The molecule has 0 spiro atoms. The van der Waals surface area contributed by atoms with Crippen molar-refractivity contribution in [3.8, 4) is 5.75 Å². The van der Waals surface area contributed by atoms with Crippen LogP contribution in [0.5, 0.6) is 5.75 Å². The van der Waals surface area contributed by atoms with Crippen LogP contribution in [0.1, 0.15) is 18.4 Å². The fraction of sp³-hybridized carbons (Fsp3) is 0.278. The van der Waals surface area contributed by atoms with Crippen molar-refractivity contribution in [3.05, 3.63) is 48.0 Å². The second-order valence-corrected chi connectivity index (χ2v) is 9.68. The zero-order valence-corrected chi connectivity index (χ0v) is 17.5. The average Bonchev–Trinajstić information content (AvgIpc) is 2.66. The predicted octanol–water partition coefficient (Wildman–Crippen LogP) is 1.95. The maximum atomic E-state index is 12.6. The number of carbonyl (C=O) groups is 1. The molecule has 0 amide bonds. The van der Waals surface area contributed by atoms with E-state index in [0.29, 0.717) is 17.7 Å². The van der Waals surface area contributed by atoms with Gasteiger partial charge >= 0.3 is 5.97 Å². The number of sulfonamides is 2. The summed E-state index contributed by atoms with van der Waals surface area (Å²) in [7, 11) is -6.22. The summed E-state index contributed by atoms with van der Waals surface area (Å²) in [6.07, 6.45) is 0.333. The lowest BCUT2D eigenvalue weighted by Gasteiger charge is -2.12. The van der Waals surface area contributed by atoms with Crippen LogP contribution in [0.3, 0.4) is 0 Å². The summed E-state index contributed by atoms with van der Waals surface area (Å²) in [6, 6.07) is 9.62. The molecular formula is C18H22N2O7S2. The van der Waals surface area contributed by atoms with Crippen LogP contribution in [0.4, 0.5) is 5.69 Å². The van der Waals surface area contributed by atoms with Crippen LogP contribution in [0.15, 0.2) is 52.3 Å². The molecule has 9 nitrogen and oxygen atoms in total. The van der Waals surface area contributed by atoms with Gasteiger partial charge in [-0.05, 0) is 68.4 Å². The summed E-state index contributed by atoms with van der Waals surface area (Å²) in [4.78, 5) is 10.5. The van der Waals surface area contributed by atoms with E-state index in [9.17, 15) is 21.6 Å². The molecule has 0 aliphatic carbocycles. The first kappa shape index (κ1) is 22.7. The fourth-order valence-electron chi connectivity index (χ4n) is 2.39. The van der Waals surface area contributed by atoms with Crippen molar-refractivity contribution in [1.29, 1.82) is 0 Å². The highest BCUT2D eigenvalue weighted by molar-refractivity contribution is 7.92. The normalized spacial score (nSPS) is 11.8. The van der Waals surface area contributed by atoms with Crippen LogP contribution in [0.25, 0.3) is 0 Å². The minimum absolute atomic E-state index is 0.0101. The summed E-state index contributed by atoms with van der Waals surface area (Å²) in [6.45, 7) is 1.89. The van der Waals surface area contributed by atoms with Gasteiger partial charge in [-0.1, -0.05) is 0 Å². The Morgan fingerprint density at radius 1 is 1.00 bits per heavy atom. The molecule has 0 aromatic heterocycles. The topological polar surface area (TPSA) is 139 Å². The Labute approximate surface area is 169 Å². The standard InChI is InChI=1S/C18H22N2O7S2/c1-13-12-16(9-10-17(13)27-11-3-4-18(21)22)29(25,26)20-14-5-7-15(8-6-14)28(23,24)19-2/h5-10,12,19-20H,3-4,11H2,1-2H3,(H,21,22). The van der Waals surface area contributed by atoms with Gasteiger partial charge in [0.1, 0.15) is 5.75 Å². The maximum Gasteiger partial charge on any atom is 0.303 e. The first-order valence-electron chi connectivity index (χ1n) is 8.57. The molecule has 0 saturated carbocycles. The Hall–Kier alpha value is -2.63. The minimum atomic E-state index is -3.89. The van der Waals surface area contributed by atoms with Crippen LogP contribution in [-0.2, 0) is 24.8 Å². The van der Waals surface area contributed by atoms with Gasteiger partial charge in [-0.15, -0.1) is 0 Å². The van der Waals surface area contributed by atoms with Gasteiger partial charge in [0, 0.05) is 12.1 Å². The van der Waals surface area contributed by atoms with Gasteiger partial charge in [0.2, 0.25) is 10.0 Å². The largest absolute Gasteiger partial charge is 0.493 e. The SMILES string of the molecule is CNS(=O)(=O)c1ccc(NS(=O)(=O)c2ccc(OCCCC(=O)O)c(C)c2)cc1. The second-order valence-electron chi connectivity index (χ2n) is 6.11. The van der Waals surface area contributed by atoms with E-state index in [1.54, 1.807) is 6.92 Å². The molecule has 11 heteroatoms. The van der Waals surface area contributed by atoms with E-state index in [1.807, 2.05) is 0 Å². The Morgan fingerprint density at radius 3 is 2.17 bits per heavy atom. The van der Waals surface area contributed by atoms with Crippen LogP contribution < -0.4 is 14.2 Å². The first-order chi connectivity index (χ1) is 13.5. The zero-order valence-electron chi connectivity index (χ0n) is 15.9. The summed E-state index contributed by atoms with van der Waals surface area (Å²) < 4.78 is 58.7. The number of carboxylic acid groups (broad SMARTS) is 1. The van der Waals surface area contributed by atoms with Gasteiger partial charge in [0.05, 0.1) is 16.4 Å². The Bertz CT molecular complexity index is 1080. The fourth-order valence-corrected chi connectivity index (χ4v) is 4.26. The lowest BCUT2D eigenvalue weighted by molar-refractivity contribution is -0.137. The molecule has 0 aliphatic heterocycles. The molecule has 158 valence electrons. The van der Waals surface area contributed by atoms with Gasteiger partial charge in [-0.2, -0.15) is 0 Å². The van der Waals surface area contributed by atoms with Gasteiger partial charge in [0.25, 0.3) is 10.0 Å². The van der Waals surface area contributed by atoms with E-state index in [4.69, 9.17) is 9.84 Å². The maximum absolute atomic E-state index is 12.6. The number of ether oxygens (including phenoxy) is 1. The zero-order chi connectivity index (χ0) is 21.7. The Kier molecular flexibility index (Phi) is 7.22. The van der Waals surface area contributed by atoms with Crippen molar-refractivity contribution in [1.82, 2.24) is 4.72 Å². The second kappa shape index (κ2) is 9.25. The number of benzene rings is 2. The number of aryl methyl sites for hydroxylation is 1. The van der Waals surface area contributed by atoms with Crippen molar-refractivity contribution >= 4 is 31.7 Å². The molecule has 0 radical (unpaired) electrons. The number of rotatable bonds is 10. The van der Waals surface area contributed by atoms with Crippen molar-refractivity contribution < 1.29 is 31.5 Å². The van der Waals surface area contributed by atoms with Gasteiger partial charge in [0.15, 0.2) is 0 Å². The molecule has 2 aromatic carbocycles. The van der Waals surface area contributed by atoms with Crippen LogP contribution in [0.2, 0.25) is 0 Å². The molecule has 0 heterocycles. The van der Waals surface area contributed by atoms with E-state index in [1.165, 1.54) is 49.5 Å². The van der Waals surface area contributed by atoms with Crippen LogP contribution >= 0.6 is 0 Å². The molecule has 2 rings (SSSR count). The molecule has 29 heavy (non-hydrogen) atoms. The average molecular weight is 443 g/mol. The number of anilines is 1. The molecule has 2 aromatic rings. The quantitative estimate of drug-likeness (QED) is 0.478. The molecule has 0 unspecified atom stereocenters. The van der Waals surface area contributed by atoms with E-state index in [2.05, 4.69) is 9.44 Å². The van der Waals surface area contributed by atoms with Crippen molar-refractivity contribution in [2.75, 3.05) is 18.4 Å². The number of carboxylic acids is 1. The van der Waals surface area contributed by atoms with Gasteiger partial charge in [-0.25, -0.2) is 21.6 Å². The molecule has 0 saturated heterocycles. The number of aliphatic carboxylic acids is 1. The number of hydrogen-bond donors (Lipinski definition) is 3. The highest BCUT2D eigenvalue weighted by Gasteiger charge is 2.17. The number of hydrogen-bond acceptors (Lipinski definition) is 6. The predicted molar refractivity (Wildman–Crippen MR) is 107 cm³/mol. The lowest BCUT2D eigenvalue weighted by atomic mass is 10.2. The summed E-state index contributed by atoms with van der Waals surface area (Å²) in [5.41, 5.74) is 0.797. The molecular weight excluding hydrogens is 420 g/mol. The highest BCUT2D eigenvalue weighted by atomic mass is 32.2. The van der Waals surface area contributed by atoms with Crippen LogP contribution in [0, 0.1) is 6.92 Å². The third kappa shape index (κ3) is 6.17. The first-order valence-corrected chi connectivity index (χ1v) is 11.5. The monoisotopic (exact) mass is 442 g/mol. The van der Waals surface area contributed by atoms with Crippen molar-refractivity contribution in [2.45, 2.75) is 29.6 Å². The smallest absolute Gasteiger partial charge is 0.303 e. The molecule has 0 aliphatic rings. The van der Waals surface area contributed by atoms with E-state index >= 15 is 0 Å². The minimum Gasteiger partial charge on any atom is -0.493 e. The molecule has 3 N–H and O–H groups in total. The van der Waals surface area contributed by atoms with E-state index < -0.39 is 26.0 Å². The Balaban J connectivity index is 2.11. The van der Waals surface area contributed by atoms with Crippen LogP contribution in [-0.4, -0.2) is 41.6 Å². The lowest BCUT2D eigenvalue weighted by Crippen LogP contribution is -2.18. The van der Waals surface area contributed by atoms with Crippen molar-refractivity contribution in [3.63, 3.8) is 0 Å². The summed E-state index contributed by atoms with van der Waals surface area (Å²) in [5, 5.41) is 8.62. The van der Waals surface area contributed by atoms with Crippen molar-refractivity contribution in [2.24, 2.45) is 0 Å². The number of nitrogens with one attached hydrogen (secondary N) is 2. The third-order valence-electron chi connectivity index (χ3n) is 3.93. The third-order valence-corrected chi connectivity index (χ3v) is 6.74. The molecule has 0 atom stereocenters. The van der Waals surface area contributed by atoms with Gasteiger partial charge in [-0.3, -0.25) is 9.52 Å². The van der Waals surface area contributed by atoms with Gasteiger partial charge < -0.3 is 9.84 Å². The van der Waals surface area contributed by atoms with E-state index in [0.717, 1.165) is 0 Å².